The Morgan fingerprint density at radius 1 is 1.17 bits per heavy atom. The third-order valence-electron chi connectivity index (χ3n) is 2.36. The van der Waals surface area contributed by atoms with Crippen LogP contribution in [0.3, 0.4) is 0 Å². The predicted octanol–water partition coefficient (Wildman–Crippen LogP) is 3.43. The number of hydrogen-bond acceptors (Lipinski definition) is 3. The normalized spacial score (nSPS) is 10.4. The molecule has 2 rings (SSSR count). The highest BCUT2D eigenvalue weighted by molar-refractivity contribution is 6.31. The largest absolute Gasteiger partial charge is 0.473 e. The van der Waals surface area contributed by atoms with Gasteiger partial charge < -0.3 is 10.5 Å². The summed E-state index contributed by atoms with van der Waals surface area (Å²) in [7, 11) is 0. The molecular formula is C13H12Cl2N2O. The minimum absolute atomic E-state index is 0.285. The topological polar surface area (TPSA) is 48.1 Å². The van der Waals surface area contributed by atoms with E-state index in [9.17, 15) is 0 Å². The summed E-state index contributed by atoms with van der Waals surface area (Å²) in [4.78, 5) is 4.22. The molecule has 2 N–H and O–H groups in total. The molecule has 0 saturated heterocycles. The molecule has 5 heteroatoms. The minimum atomic E-state index is 0.285. The molecule has 0 spiro atoms. The first kappa shape index (κ1) is 13.1. The summed E-state index contributed by atoms with van der Waals surface area (Å²) in [6.07, 6.45) is 0. The summed E-state index contributed by atoms with van der Waals surface area (Å²) in [5.74, 6) is 0.500. The quantitative estimate of drug-likeness (QED) is 0.935. The van der Waals surface area contributed by atoms with Crippen molar-refractivity contribution in [1.29, 1.82) is 0 Å². The van der Waals surface area contributed by atoms with Gasteiger partial charge in [0.1, 0.15) is 6.61 Å². The molecule has 0 fully saturated rings. The number of hydrogen-bond donors (Lipinski definition) is 1. The number of halogens is 2. The molecule has 0 aliphatic heterocycles. The Morgan fingerprint density at radius 2 is 2.00 bits per heavy atom. The smallest absolute Gasteiger partial charge is 0.213 e. The first-order chi connectivity index (χ1) is 8.69. The summed E-state index contributed by atoms with van der Waals surface area (Å²) in [5.41, 5.74) is 7.13. The van der Waals surface area contributed by atoms with E-state index in [1.54, 1.807) is 12.1 Å². The van der Waals surface area contributed by atoms with Gasteiger partial charge in [-0.1, -0.05) is 35.3 Å². The molecule has 0 unspecified atom stereocenters. The maximum absolute atomic E-state index is 5.92. The summed E-state index contributed by atoms with van der Waals surface area (Å²) in [6.45, 7) is 0.687. The van der Waals surface area contributed by atoms with Crippen LogP contribution < -0.4 is 10.5 Å². The van der Waals surface area contributed by atoms with Crippen LogP contribution in [0.1, 0.15) is 11.3 Å². The summed E-state index contributed by atoms with van der Waals surface area (Å²) in [6, 6.07) is 10.9. The lowest BCUT2D eigenvalue weighted by molar-refractivity contribution is 0.293. The van der Waals surface area contributed by atoms with E-state index in [2.05, 4.69) is 4.98 Å². The lowest BCUT2D eigenvalue weighted by Crippen LogP contribution is -2.03. The van der Waals surface area contributed by atoms with Gasteiger partial charge in [0.15, 0.2) is 0 Å². The Balaban J connectivity index is 2.06. The van der Waals surface area contributed by atoms with Crippen LogP contribution in [0.25, 0.3) is 0 Å². The second kappa shape index (κ2) is 6.05. The monoisotopic (exact) mass is 282 g/mol. The van der Waals surface area contributed by atoms with Crippen LogP contribution in [-0.2, 0) is 13.2 Å². The van der Waals surface area contributed by atoms with E-state index in [4.69, 9.17) is 33.7 Å². The first-order valence-corrected chi connectivity index (χ1v) is 6.17. The van der Waals surface area contributed by atoms with Crippen molar-refractivity contribution in [3.63, 3.8) is 0 Å². The van der Waals surface area contributed by atoms with Crippen molar-refractivity contribution < 1.29 is 4.74 Å². The maximum atomic E-state index is 5.92. The van der Waals surface area contributed by atoms with Crippen LogP contribution >= 0.6 is 23.2 Å². The molecule has 0 saturated carbocycles. The molecule has 0 radical (unpaired) electrons. The average molecular weight is 283 g/mol. The van der Waals surface area contributed by atoms with Gasteiger partial charge in [0.25, 0.3) is 0 Å². The van der Waals surface area contributed by atoms with Crippen LogP contribution in [0.2, 0.25) is 10.0 Å². The van der Waals surface area contributed by atoms with E-state index in [0.29, 0.717) is 28.2 Å². The van der Waals surface area contributed by atoms with E-state index < -0.39 is 0 Å². The van der Waals surface area contributed by atoms with Crippen molar-refractivity contribution in [3.05, 3.63) is 57.7 Å². The zero-order valence-corrected chi connectivity index (χ0v) is 11.1. The molecule has 3 nitrogen and oxygen atoms in total. The number of benzene rings is 1. The number of nitrogens with zero attached hydrogens (tertiary/aromatic N) is 1. The van der Waals surface area contributed by atoms with Crippen molar-refractivity contribution in [2.75, 3.05) is 0 Å². The molecule has 0 atom stereocenters. The van der Waals surface area contributed by atoms with Crippen molar-refractivity contribution in [2.45, 2.75) is 13.2 Å². The van der Waals surface area contributed by atoms with Gasteiger partial charge in [0.05, 0.1) is 10.7 Å². The Bertz CT molecular complexity index is 546. The molecule has 0 amide bonds. The molecule has 0 aliphatic rings. The summed E-state index contributed by atoms with van der Waals surface area (Å²) < 4.78 is 5.56. The lowest BCUT2D eigenvalue weighted by Gasteiger charge is -2.07. The van der Waals surface area contributed by atoms with E-state index >= 15 is 0 Å². The van der Waals surface area contributed by atoms with Gasteiger partial charge in [-0.2, -0.15) is 0 Å². The Kier molecular flexibility index (Phi) is 4.42. The van der Waals surface area contributed by atoms with Gasteiger partial charge in [0.2, 0.25) is 5.88 Å². The highest BCUT2D eigenvalue weighted by atomic mass is 35.5. The molecular weight excluding hydrogens is 271 g/mol. The maximum Gasteiger partial charge on any atom is 0.213 e. The predicted molar refractivity (Wildman–Crippen MR) is 72.9 cm³/mol. The molecule has 0 aliphatic carbocycles. The van der Waals surface area contributed by atoms with Crippen molar-refractivity contribution in [2.24, 2.45) is 5.73 Å². The van der Waals surface area contributed by atoms with Gasteiger partial charge in [0, 0.05) is 17.6 Å². The number of pyridine rings is 1. The molecule has 18 heavy (non-hydrogen) atoms. The van der Waals surface area contributed by atoms with Crippen LogP contribution in [-0.4, -0.2) is 4.98 Å². The highest BCUT2D eigenvalue weighted by Crippen LogP contribution is 2.19. The number of ether oxygens (including phenoxy) is 1. The van der Waals surface area contributed by atoms with E-state index in [1.807, 2.05) is 24.3 Å². The SMILES string of the molecule is NCc1nc(OCc2cccc(Cl)c2)ccc1Cl. The molecule has 0 bridgehead atoms. The molecule has 1 aromatic carbocycles. The van der Waals surface area contributed by atoms with Gasteiger partial charge in [-0.05, 0) is 23.8 Å². The summed E-state index contributed by atoms with van der Waals surface area (Å²) >= 11 is 11.8. The van der Waals surface area contributed by atoms with Crippen LogP contribution in [0.15, 0.2) is 36.4 Å². The number of rotatable bonds is 4. The fourth-order valence-electron chi connectivity index (χ4n) is 1.47. The zero-order chi connectivity index (χ0) is 13.0. The summed E-state index contributed by atoms with van der Waals surface area (Å²) in [5, 5.41) is 1.23. The fourth-order valence-corrected chi connectivity index (χ4v) is 1.87. The Hall–Kier alpha value is -1.29. The van der Waals surface area contributed by atoms with E-state index in [0.717, 1.165) is 5.56 Å². The van der Waals surface area contributed by atoms with Crippen LogP contribution in [0.4, 0.5) is 0 Å². The zero-order valence-electron chi connectivity index (χ0n) is 9.57. The first-order valence-electron chi connectivity index (χ1n) is 5.42. The Morgan fingerprint density at radius 3 is 2.72 bits per heavy atom. The fraction of sp³-hybridized carbons (Fsp3) is 0.154. The van der Waals surface area contributed by atoms with Crippen LogP contribution in [0.5, 0.6) is 5.88 Å². The molecule has 1 heterocycles. The second-order valence-corrected chi connectivity index (χ2v) is 4.54. The van der Waals surface area contributed by atoms with Crippen molar-refractivity contribution >= 4 is 23.2 Å². The molecule has 94 valence electrons. The van der Waals surface area contributed by atoms with Gasteiger partial charge in [-0.15, -0.1) is 0 Å². The Labute approximate surface area is 115 Å². The minimum Gasteiger partial charge on any atom is -0.473 e. The highest BCUT2D eigenvalue weighted by Gasteiger charge is 2.03. The number of nitrogens with two attached hydrogens (primary N) is 1. The molecule has 1 aromatic heterocycles. The van der Waals surface area contributed by atoms with Gasteiger partial charge in [-0.3, -0.25) is 0 Å². The average Bonchev–Trinajstić information content (AvgIpc) is 2.38. The molecule has 2 aromatic rings. The van der Waals surface area contributed by atoms with Gasteiger partial charge in [-0.25, -0.2) is 4.98 Å². The third-order valence-corrected chi connectivity index (χ3v) is 2.94. The van der Waals surface area contributed by atoms with Gasteiger partial charge >= 0.3 is 0 Å². The van der Waals surface area contributed by atoms with E-state index in [1.165, 1.54) is 0 Å². The van der Waals surface area contributed by atoms with Crippen molar-refractivity contribution in [3.8, 4) is 5.88 Å². The van der Waals surface area contributed by atoms with Crippen LogP contribution in [0, 0.1) is 0 Å². The second-order valence-electron chi connectivity index (χ2n) is 3.70. The number of aromatic nitrogens is 1. The third kappa shape index (κ3) is 3.35. The standard InChI is InChI=1S/C13H12Cl2N2O/c14-10-3-1-2-9(6-10)8-18-13-5-4-11(15)12(7-16)17-13/h1-6H,7-8,16H2. The lowest BCUT2D eigenvalue weighted by atomic mass is 10.2. The van der Waals surface area contributed by atoms with Crippen molar-refractivity contribution in [1.82, 2.24) is 4.98 Å². The van der Waals surface area contributed by atoms with E-state index in [-0.39, 0.29) is 6.54 Å².